The lowest BCUT2D eigenvalue weighted by molar-refractivity contribution is -0.157. The number of carbonyl (C=O) groups excluding carboxylic acids is 14. The van der Waals surface area contributed by atoms with Crippen molar-refractivity contribution in [1.82, 2.24) is 68.7 Å². The van der Waals surface area contributed by atoms with Crippen LogP contribution >= 0.6 is 0 Å². The first-order valence-corrected chi connectivity index (χ1v) is 37.5. The maximum absolute atomic E-state index is 15.0. The first kappa shape index (κ1) is 90.7. The van der Waals surface area contributed by atoms with E-state index in [4.69, 9.17) is 10.5 Å². The lowest BCUT2D eigenvalue weighted by Gasteiger charge is -2.33. The van der Waals surface area contributed by atoms with E-state index in [1.54, 1.807) is 127 Å². The Hall–Kier alpha value is -8.54. The topological polar surface area (TPSA) is 442 Å². The summed E-state index contributed by atoms with van der Waals surface area (Å²) in [5, 5.41) is 43.2. The van der Waals surface area contributed by atoms with Gasteiger partial charge in [-0.25, -0.2) is 4.79 Å². The van der Waals surface area contributed by atoms with Crippen molar-refractivity contribution < 1.29 is 77.0 Å². The Morgan fingerprint density at radius 3 is 1.69 bits per heavy atom. The molecule has 0 spiro atoms. The van der Waals surface area contributed by atoms with Gasteiger partial charge in [-0.15, -0.1) is 0 Å². The largest absolute Gasteiger partial charge is 0.458 e. The molecule has 0 saturated carbocycles. The standard InChI is InChI=1S/C75H124N14O16/c1-20-44(16)59(71(100)88-62-47(19)105-75(104)58(43(14)15)84-63(92)49(22-3)77-65(94)51(37-48-30-24-23-25-31-48)79-67(96)55(40(8)9)81-70(99)60(45(17)21-2)86-73(62)102)85-64(93)50(32-27-35-76)78-66(95)52-33-28-36-89(52)74(103)57(42(12)13)83-69(98)56(41(10)11)82-72(101)61(46(18)90)87-68(97)54(39(6)7)80-53(91)34-26-29-38(4)5/h22-25,30-31,38-47,50-52,54-62,90H,20-21,26-29,32-37,76H2,1-19H3,(H,77,94)(H,78,95)(H,79,96)(H,80,91)(H,81,99)(H,82,101)(H,83,98)(H,84,92)(H,85,93)(H,86,102)(H,87,97)(H,88,100)/t44-,45-,46+,47+,50-,51-,52+,54+,55+,56-,57+,58-,59+,60+,61-,62+/m0/s1. The van der Waals surface area contributed by atoms with Gasteiger partial charge in [-0.3, -0.25) is 62.3 Å². The minimum absolute atomic E-state index is 0.0355. The van der Waals surface area contributed by atoms with Crippen LogP contribution in [0.1, 0.15) is 195 Å². The van der Waals surface area contributed by atoms with Gasteiger partial charge >= 0.3 is 5.97 Å². The van der Waals surface area contributed by atoms with Crippen LogP contribution < -0.4 is 69.5 Å². The Bertz CT molecular complexity index is 3160. The summed E-state index contributed by atoms with van der Waals surface area (Å²) in [6, 6.07) is -7.67. The predicted molar refractivity (Wildman–Crippen MR) is 395 cm³/mol. The molecule has 105 heavy (non-hydrogen) atoms. The molecule has 15 N–H and O–H groups in total. The third kappa shape index (κ3) is 27.7. The van der Waals surface area contributed by atoms with Crippen molar-refractivity contribution >= 4 is 82.8 Å². The molecule has 1 aromatic carbocycles. The van der Waals surface area contributed by atoms with Crippen molar-refractivity contribution in [2.24, 2.45) is 53.1 Å². The second-order valence-corrected chi connectivity index (χ2v) is 30.2. The lowest BCUT2D eigenvalue weighted by Crippen LogP contribution is -2.64. The molecule has 1 aromatic rings. The van der Waals surface area contributed by atoms with Gasteiger partial charge in [0.25, 0.3) is 5.91 Å². The highest BCUT2D eigenvalue weighted by Crippen LogP contribution is 2.23. The second kappa shape index (κ2) is 43.8. The van der Waals surface area contributed by atoms with Crippen LogP contribution in [0.2, 0.25) is 0 Å². The van der Waals surface area contributed by atoms with Crippen LogP contribution in [0.3, 0.4) is 0 Å². The minimum Gasteiger partial charge on any atom is -0.458 e. The maximum Gasteiger partial charge on any atom is 0.329 e. The fourth-order valence-electron chi connectivity index (χ4n) is 12.1. The van der Waals surface area contributed by atoms with Gasteiger partial charge in [-0.1, -0.05) is 166 Å². The van der Waals surface area contributed by atoms with Crippen LogP contribution in [0.15, 0.2) is 42.1 Å². The van der Waals surface area contributed by atoms with E-state index < -0.39 is 203 Å². The average Bonchev–Trinajstić information content (AvgIpc) is 1.79. The molecule has 3 rings (SSSR count). The summed E-state index contributed by atoms with van der Waals surface area (Å²) < 4.78 is 5.96. The van der Waals surface area contributed by atoms with Gasteiger partial charge in [0.1, 0.15) is 84.3 Å². The van der Waals surface area contributed by atoms with Crippen LogP contribution in [-0.4, -0.2) is 191 Å². The van der Waals surface area contributed by atoms with E-state index in [1.165, 1.54) is 31.7 Å². The predicted octanol–water partition coefficient (Wildman–Crippen LogP) is 1.84. The molecule has 0 radical (unpaired) electrons. The molecule has 0 bridgehead atoms. The van der Waals surface area contributed by atoms with Crippen LogP contribution in [0.25, 0.3) is 0 Å². The van der Waals surface area contributed by atoms with Gasteiger partial charge in [0.15, 0.2) is 0 Å². The number of allylic oxidation sites excluding steroid dienone is 1. The van der Waals surface area contributed by atoms with Crippen molar-refractivity contribution in [2.45, 2.75) is 280 Å². The van der Waals surface area contributed by atoms with Crippen LogP contribution in [0.5, 0.6) is 0 Å². The summed E-state index contributed by atoms with van der Waals surface area (Å²) in [6.45, 7) is 31.8. The van der Waals surface area contributed by atoms with Gasteiger partial charge < -0.3 is 84.3 Å². The number of esters is 1. The quantitative estimate of drug-likeness (QED) is 0.0353. The van der Waals surface area contributed by atoms with Gasteiger partial charge in [0.2, 0.25) is 70.9 Å². The summed E-state index contributed by atoms with van der Waals surface area (Å²) in [6.07, 6.45) is 1.02. The average molecular weight is 1480 g/mol. The number of likely N-dealkylation sites (tertiary alicyclic amines) is 1. The Kier molecular flexibility index (Phi) is 37.8. The van der Waals surface area contributed by atoms with Crippen molar-refractivity contribution in [3.05, 3.63) is 47.7 Å². The van der Waals surface area contributed by atoms with E-state index in [0.717, 1.165) is 6.42 Å². The molecular formula is C75H124N14O16. The molecule has 2 heterocycles. The van der Waals surface area contributed by atoms with E-state index in [-0.39, 0.29) is 63.2 Å². The zero-order valence-electron chi connectivity index (χ0n) is 65.2. The van der Waals surface area contributed by atoms with E-state index in [2.05, 4.69) is 63.8 Å². The number of hydrogen-bond acceptors (Lipinski definition) is 17. The number of aliphatic hydroxyl groups excluding tert-OH is 1. The number of nitrogens with one attached hydrogen (secondary N) is 12. The highest BCUT2D eigenvalue weighted by molar-refractivity contribution is 6.03. The third-order valence-corrected chi connectivity index (χ3v) is 19.3. The first-order chi connectivity index (χ1) is 49.2. The number of hydrogen-bond donors (Lipinski definition) is 14. The molecule has 0 unspecified atom stereocenters. The highest BCUT2D eigenvalue weighted by atomic mass is 16.5. The summed E-state index contributed by atoms with van der Waals surface area (Å²) in [5.41, 5.74) is 6.34. The molecule has 590 valence electrons. The number of nitrogens with zero attached hydrogens (tertiary/aromatic N) is 1. The second-order valence-electron chi connectivity index (χ2n) is 30.2. The zero-order chi connectivity index (χ0) is 79.4. The van der Waals surface area contributed by atoms with E-state index in [1.807, 2.05) is 13.8 Å². The summed E-state index contributed by atoms with van der Waals surface area (Å²) in [7, 11) is 0. The molecular weight excluding hydrogens is 1350 g/mol. The number of amides is 13. The lowest BCUT2D eigenvalue weighted by atomic mass is 9.95. The Balaban J connectivity index is 2.00. The third-order valence-electron chi connectivity index (χ3n) is 19.3. The van der Waals surface area contributed by atoms with Gasteiger partial charge in [0, 0.05) is 19.4 Å². The van der Waals surface area contributed by atoms with E-state index in [0.29, 0.717) is 30.7 Å². The van der Waals surface area contributed by atoms with Crippen molar-refractivity contribution in [2.75, 3.05) is 13.1 Å². The highest BCUT2D eigenvalue weighted by Gasteiger charge is 2.44. The fraction of sp³-hybridized carbons (Fsp3) is 0.707. The maximum atomic E-state index is 15.0. The number of carbonyl (C=O) groups is 14. The zero-order valence-corrected chi connectivity index (χ0v) is 65.2. The van der Waals surface area contributed by atoms with Crippen molar-refractivity contribution in [3.63, 3.8) is 0 Å². The molecule has 2 saturated heterocycles. The molecule has 16 atom stereocenters. The smallest absolute Gasteiger partial charge is 0.329 e. The summed E-state index contributed by atoms with van der Waals surface area (Å²) >= 11 is 0. The summed E-state index contributed by atoms with van der Waals surface area (Å²) in [4.78, 5) is 202. The molecule has 2 aliphatic heterocycles. The summed E-state index contributed by atoms with van der Waals surface area (Å²) in [5.74, 6) is -15.1. The molecule has 0 aliphatic carbocycles. The molecule has 30 nitrogen and oxygen atoms in total. The monoisotopic (exact) mass is 1480 g/mol. The molecule has 13 amide bonds. The van der Waals surface area contributed by atoms with Gasteiger partial charge in [-0.05, 0) is 112 Å². The number of ether oxygens (including phenoxy) is 1. The fourth-order valence-corrected chi connectivity index (χ4v) is 12.1. The first-order valence-electron chi connectivity index (χ1n) is 37.5. The van der Waals surface area contributed by atoms with Crippen molar-refractivity contribution in [1.29, 1.82) is 0 Å². The minimum atomic E-state index is -1.83. The SMILES string of the molecule is CC=C1NC(=O)[C@H](Cc2ccccc2)NC(=O)[C@@H](C(C)C)NC(=O)[C@@H]([C@@H](C)CC)NC(=O)[C@H](NC(=O)[C@H](NC(=O)[C@H](CCCN)NC(=O)[C@H]2CCCN2C(=O)[C@H](NC(=O)[C@@H](NC(=O)[C@@H](NC(=O)[C@H](NC(=O)CCCC(C)C)C(C)C)[C@@H](C)O)C(C)C)C(C)C)[C@@H](C)CC)[C@@H](C)OC(=O)[C@H](C(C)C)NC1=O. The number of benzene rings is 1. The Morgan fingerprint density at radius 2 is 1.15 bits per heavy atom. The normalized spacial score (nSPS) is 22.6. The van der Waals surface area contributed by atoms with Gasteiger partial charge in [-0.2, -0.15) is 0 Å². The van der Waals surface area contributed by atoms with Crippen molar-refractivity contribution in [3.8, 4) is 0 Å². The van der Waals surface area contributed by atoms with Crippen LogP contribution in [0.4, 0.5) is 0 Å². The molecule has 30 heteroatoms. The van der Waals surface area contributed by atoms with Crippen LogP contribution in [-0.2, 0) is 78.3 Å². The molecule has 2 aliphatic rings. The molecule has 2 fully saturated rings. The van der Waals surface area contributed by atoms with Crippen LogP contribution in [0, 0.1) is 47.3 Å². The Labute approximate surface area is 620 Å². The Morgan fingerprint density at radius 1 is 0.610 bits per heavy atom. The van der Waals surface area contributed by atoms with Gasteiger partial charge in [0.05, 0.1) is 6.10 Å². The molecule has 0 aromatic heterocycles. The number of rotatable bonds is 33. The van der Waals surface area contributed by atoms with E-state index >= 15 is 9.59 Å². The number of cyclic esters (lactones) is 1. The number of aliphatic hydroxyl groups is 1. The van der Waals surface area contributed by atoms with E-state index in [9.17, 15) is 62.6 Å². The number of nitrogens with two attached hydrogens (primary N) is 1.